The summed E-state index contributed by atoms with van der Waals surface area (Å²) in [5.41, 5.74) is 6.80. The summed E-state index contributed by atoms with van der Waals surface area (Å²) in [5.74, 6) is 1.26. The van der Waals surface area contributed by atoms with Gasteiger partial charge in [0.15, 0.2) is 0 Å². The molecule has 0 aromatic rings. The first-order valence-corrected chi connectivity index (χ1v) is 5.66. The van der Waals surface area contributed by atoms with Gasteiger partial charge in [0.2, 0.25) is 0 Å². The second-order valence-electron chi connectivity index (χ2n) is 4.29. The molecular weight excluding hydrogens is 154 g/mol. The largest absolute Gasteiger partial charge is 0.330 e. The molecule has 0 amide bonds. The van der Waals surface area contributed by atoms with E-state index in [1.807, 2.05) is 11.8 Å². The van der Waals surface area contributed by atoms with Crippen LogP contribution in [0, 0.1) is 10.8 Å². The first kappa shape index (κ1) is 9.40. The molecule has 1 aliphatic carbocycles. The fraction of sp³-hybridized carbons (Fsp3) is 1.00. The van der Waals surface area contributed by atoms with Crippen LogP contribution in [0.2, 0.25) is 0 Å². The van der Waals surface area contributed by atoms with E-state index in [-0.39, 0.29) is 0 Å². The molecule has 0 saturated heterocycles. The third kappa shape index (κ3) is 1.57. The smallest absolute Gasteiger partial charge is 0.00149 e. The van der Waals surface area contributed by atoms with Gasteiger partial charge in [-0.3, -0.25) is 0 Å². The van der Waals surface area contributed by atoms with Crippen molar-refractivity contribution >= 4 is 11.8 Å². The van der Waals surface area contributed by atoms with Gasteiger partial charge in [0, 0.05) is 0 Å². The summed E-state index contributed by atoms with van der Waals surface area (Å²) in [4.78, 5) is 0. The van der Waals surface area contributed by atoms with E-state index in [0.717, 1.165) is 6.54 Å². The molecule has 1 unspecified atom stereocenters. The first-order chi connectivity index (χ1) is 5.08. The molecule has 0 aromatic carbocycles. The van der Waals surface area contributed by atoms with E-state index < -0.39 is 0 Å². The van der Waals surface area contributed by atoms with Crippen LogP contribution in [-0.4, -0.2) is 18.6 Å². The quantitative estimate of drug-likeness (QED) is 0.704. The van der Waals surface area contributed by atoms with Crippen molar-refractivity contribution in [3.63, 3.8) is 0 Å². The van der Waals surface area contributed by atoms with Crippen LogP contribution in [-0.2, 0) is 0 Å². The zero-order chi connectivity index (χ0) is 8.54. The fourth-order valence-electron chi connectivity index (χ4n) is 1.98. The summed E-state index contributed by atoms with van der Waals surface area (Å²) in [6, 6.07) is 0. The molecule has 0 bridgehead atoms. The predicted molar refractivity (Wildman–Crippen MR) is 52.9 cm³/mol. The first-order valence-electron chi connectivity index (χ1n) is 4.27. The maximum absolute atomic E-state index is 5.78. The van der Waals surface area contributed by atoms with E-state index in [1.54, 1.807) is 0 Å². The molecule has 0 heterocycles. The molecule has 0 spiro atoms. The van der Waals surface area contributed by atoms with Crippen LogP contribution < -0.4 is 5.73 Å². The number of hydrogen-bond donors (Lipinski definition) is 1. The highest BCUT2D eigenvalue weighted by molar-refractivity contribution is 7.98. The molecule has 1 nitrogen and oxygen atoms in total. The minimum absolute atomic E-state index is 0.496. The van der Waals surface area contributed by atoms with Crippen molar-refractivity contribution in [3.05, 3.63) is 0 Å². The lowest BCUT2D eigenvalue weighted by atomic mass is 9.93. The van der Waals surface area contributed by atoms with E-state index in [1.165, 1.54) is 18.6 Å². The predicted octanol–water partition coefficient (Wildman–Crippen LogP) is 2.11. The van der Waals surface area contributed by atoms with Gasteiger partial charge in [0.05, 0.1) is 0 Å². The van der Waals surface area contributed by atoms with Crippen LogP contribution in [0.1, 0.15) is 26.7 Å². The molecule has 1 fully saturated rings. The third-order valence-electron chi connectivity index (χ3n) is 3.27. The summed E-state index contributed by atoms with van der Waals surface area (Å²) in [6.45, 7) is 5.54. The monoisotopic (exact) mass is 173 g/mol. The highest BCUT2D eigenvalue weighted by Crippen LogP contribution is 2.64. The Bertz CT molecular complexity index is 144. The van der Waals surface area contributed by atoms with E-state index in [0.29, 0.717) is 10.8 Å². The minimum atomic E-state index is 0.496. The molecule has 1 rings (SSSR count). The summed E-state index contributed by atoms with van der Waals surface area (Å²) in [7, 11) is 0. The Kier molecular flexibility index (Phi) is 2.55. The number of nitrogens with two attached hydrogens (primary N) is 1. The average molecular weight is 173 g/mol. The maximum atomic E-state index is 5.78. The standard InChI is InChI=1S/C9H19NS/c1-8(2)6-9(8,7-10)4-5-11-3/h4-7,10H2,1-3H3. The summed E-state index contributed by atoms with van der Waals surface area (Å²) >= 11 is 1.93. The van der Waals surface area contributed by atoms with Crippen LogP contribution >= 0.6 is 11.8 Å². The van der Waals surface area contributed by atoms with Crippen molar-refractivity contribution in [1.82, 2.24) is 0 Å². The van der Waals surface area contributed by atoms with Crippen LogP contribution in [0.5, 0.6) is 0 Å². The molecule has 0 radical (unpaired) electrons. The van der Waals surface area contributed by atoms with E-state index >= 15 is 0 Å². The lowest BCUT2D eigenvalue weighted by Crippen LogP contribution is -2.21. The second kappa shape index (κ2) is 2.98. The van der Waals surface area contributed by atoms with Crippen molar-refractivity contribution in [2.24, 2.45) is 16.6 Å². The van der Waals surface area contributed by atoms with Gasteiger partial charge >= 0.3 is 0 Å². The van der Waals surface area contributed by atoms with Crippen LogP contribution in [0.3, 0.4) is 0 Å². The van der Waals surface area contributed by atoms with Gasteiger partial charge in [-0.25, -0.2) is 0 Å². The van der Waals surface area contributed by atoms with Crippen LogP contribution in [0.15, 0.2) is 0 Å². The Morgan fingerprint density at radius 2 is 2.00 bits per heavy atom. The van der Waals surface area contributed by atoms with E-state index in [4.69, 9.17) is 5.73 Å². The van der Waals surface area contributed by atoms with Gasteiger partial charge in [-0.2, -0.15) is 11.8 Å². The zero-order valence-electron chi connectivity index (χ0n) is 7.81. The van der Waals surface area contributed by atoms with Crippen LogP contribution in [0.4, 0.5) is 0 Å². The van der Waals surface area contributed by atoms with Crippen molar-refractivity contribution in [3.8, 4) is 0 Å². The molecular formula is C9H19NS. The van der Waals surface area contributed by atoms with Gasteiger partial charge in [0.25, 0.3) is 0 Å². The molecule has 1 atom stereocenters. The molecule has 2 heteroatoms. The highest BCUT2D eigenvalue weighted by Gasteiger charge is 2.58. The van der Waals surface area contributed by atoms with Crippen molar-refractivity contribution < 1.29 is 0 Å². The van der Waals surface area contributed by atoms with Crippen molar-refractivity contribution in [2.75, 3.05) is 18.6 Å². The normalized spacial score (nSPS) is 33.8. The number of thioether (sulfide) groups is 1. The zero-order valence-corrected chi connectivity index (χ0v) is 8.63. The van der Waals surface area contributed by atoms with E-state index in [9.17, 15) is 0 Å². The Hall–Kier alpha value is 0.310. The second-order valence-corrected chi connectivity index (χ2v) is 5.27. The maximum Gasteiger partial charge on any atom is -0.00149 e. The molecule has 2 N–H and O–H groups in total. The highest BCUT2D eigenvalue weighted by atomic mass is 32.2. The Labute approximate surface area is 74.1 Å². The minimum Gasteiger partial charge on any atom is -0.330 e. The van der Waals surface area contributed by atoms with Gasteiger partial charge < -0.3 is 5.73 Å². The molecule has 0 aromatic heterocycles. The third-order valence-corrected chi connectivity index (χ3v) is 3.88. The van der Waals surface area contributed by atoms with Crippen LogP contribution in [0.25, 0.3) is 0 Å². The summed E-state index contributed by atoms with van der Waals surface area (Å²) < 4.78 is 0. The summed E-state index contributed by atoms with van der Waals surface area (Å²) in [5, 5.41) is 0. The molecule has 1 saturated carbocycles. The number of hydrogen-bond acceptors (Lipinski definition) is 2. The lowest BCUT2D eigenvalue weighted by Gasteiger charge is -2.17. The Balaban J connectivity index is 2.40. The van der Waals surface area contributed by atoms with Gasteiger partial charge in [-0.15, -0.1) is 0 Å². The van der Waals surface area contributed by atoms with Gasteiger partial charge in [0.1, 0.15) is 0 Å². The summed E-state index contributed by atoms with van der Waals surface area (Å²) in [6.07, 6.45) is 4.80. The number of rotatable bonds is 4. The topological polar surface area (TPSA) is 26.0 Å². The SMILES string of the molecule is CSCCC1(CN)CC1(C)C. The molecule has 66 valence electrons. The van der Waals surface area contributed by atoms with Crippen molar-refractivity contribution in [2.45, 2.75) is 26.7 Å². The van der Waals surface area contributed by atoms with Gasteiger partial charge in [-0.05, 0) is 42.2 Å². The fourth-order valence-corrected chi connectivity index (χ4v) is 2.57. The Morgan fingerprint density at radius 1 is 1.45 bits per heavy atom. The lowest BCUT2D eigenvalue weighted by molar-refractivity contribution is 0.383. The average Bonchev–Trinajstić information content (AvgIpc) is 2.50. The van der Waals surface area contributed by atoms with E-state index in [2.05, 4.69) is 20.1 Å². The Morgan fingerprint density at radius 3 is 2.27 bits per heavy atom. The van der Waals surface area contributed by atoms with Gasteiger partial charge in [-0.1, -0.05) is 13.8 Å². The van der Waals surface area contributed by atoms with Crippen molar-refractivity contribution in [1.29, 1.82) is 0 Å². The molecule has 0 aliphatic heterocycles. The molecule has 1 aliphatic rings. The molecule has 11 heavy (non-hydrogen) atoms.